The topological polar surface area (TPSA) is 55.1 Å². The molecule has 82 valence electrons. The maximum absolute atomic E-state index is 11.3. The molecule has 1 amide bonds. The standard InChI is InChI=1S/C8H6Cl4N2O/c9-5-2-1-4(13)3-6(5)14-7(15)8(10,11)12/h1-3H,13H2,(H,14,15). The van der Waals surface area contributed by atoms with Crippen molar-refractivity contribution in [3.8, 4) is 0 Å². The van der Waals surface area contributed by atoms with Crippen molar-refractivity contribution in [2.24, 2.45) is 0 Å². The quantitative estimate of drug-likeness (QED) is 0.615. The summed E-state index contributed by atoms with van der Waals surface area (Å²) in [6.07, 6.45) is 0. The molecule has 1 aromatic carbocycles. The Morgan fingerprint density at radius 2 is 1.93 bits per heavy atom. The van der Waals surface area contributed by atoms with E-state index < -0.39 is 9.70 Å². The molecule has 0 bridgehead atoms. The first-order valence-electron chi connectivity index (χ1n) is 3.74. The maximum Gasteiger partial charge on any atom is 0.276 e. The third-order valence-corrected chi connectivity index (χ3v) is 2.34. The molecule has 0 aliphatic carbocycles. The van der Waals surface area contributed by atoms with E-state index in [0.29, 0.717) is 16.4 Å². The fourth-order valence-corrected chi connectivity index (χ4v) is 1.14. The fourth-order valence-electron chi connectivity index (χ4n) is 0.832. The first-order chi connectivity index (χ1) is 6.80. The minimum Gasteiger partial charge on any atom is -0.399 e. The molecule has 15 heavy (non-hydrogen) atoms. The summed E-state index contributed by atoms with van der Waals surface area (Å²) in [6.45, 7) is 0. The van der Waals surface area contributed by atoms with E-state index in [1.54, 1.807) is 6.07 Å². The molecule has 3 N–H and O–H groups in total. The number of alkyl halides is 3. The summed E-state index contributed by atoms with van der Waals surface area (Å²) in [5, 5.41) is 2.66. The van der Waals surface area contributed by atoms with Gasteiger partial charge in [-0.25, -0.2) is 0 Å². The van der Waals surface area contributed by atoms with E-state index in [1.165, 1.54) is 12.1 Å². The van der Waals surface area contributed by atoms with Crippen molar-refractivity contribution in [3.05, 3.63) is 23.2 Å². The molecule has 7 heteroatoms. The average Bonchev–Trinajstić information content (AvgIpc) is 2.09. The summed E-state index contributed by atoms with van der Waals surface area (Å²) < 4.78 is -2.03. The Labute approximate surface area is 106 Å². The lowest BCUT2D eigenvalue weighted by Crippen LogP contribution is -2.27. The van der Waals surface area contributed by atoms with Crippen LogP contribution in [0.15, 0.2) is 18.2 Å². The Kier molecular flexibility index (Phi) is 3.95. The highest BCUT2D eigenvalue weighted by Gasteiger charge is 2.30. The Hall–Kier alpha value is -0.350. The second-order valence-electron chi connectivity index (χ2n) is 2.69. The molecule has 0 fully saturated rings. The van der Waals surface area contributed by atoms with Crippen LogP contribution in [0.25, 0.3) is 0 Å². The van der Waals surface area contributed by atoms with Crippen LogP contribution in [0.2, 0.25) is 5.02 Å². The number of hydrogen-bond donors (Lipinski definition) is 2. The van der Waals surface area contributed by atoms with Crippen molar-refractivity contribution in [1.82, 2.24) is 0 Å². The minimum absolute atomic E-state index is 0.299. The van der Waals surface area contributed by atoms with Crippen molar-refractivity contribution in [2.45, 2.75) is 3.79 Å². The number of carbonyl (C=O) groups is 1. The van der Waals surface area contributed by atoms with Crippen molar-refractivity contribution in [1.29, 1.82) is 0 Å². The van der Waals surface area contributed by atoms with Gasteiger partial charge in [0.05, 0.1) is 10.7 Å². The van der Waals surface area contributed by atoms with Crippen LogP contribution in [0.1, 0.15) is 0 Å². The van der Waals surface area contributed by atoms with E-state index in [9.17, 15) is 4.79 Å². The second kappa shape index (κ2) is 4.66. The van der Waals surface area contributed by atoms with Gasteiger partial charge in [-0.1, -0.05) is 46.4 Å². The highest BCUT2D eigenvalue weighted by Crippen LogP contribution is 2.30. The van der Waals surface area contributed by atoms with Crippen LogP contribution in [-0.2, 0) is 4.79 Å². The Morgan fingerprint density at radius 1 is 1.33 bits per heavy atom. The zero-order chi connectivity index (χ0) is 11.6. The van der Waals surface area contributed by atoms with Gasteiger partial charge in [0.1, 0.15) is 0 Å². The smallest absolute Gasteiger partial charge is 0.276 e. The number of anilines is 2. The van der Waals surface area contributed by atoms with Crippen LogP contribution in [0.5, 0.6) is 0 Å². The van der Waals surface area contributed by atoms with Gasteiger partial charge in [-0.3, -0.25) is 4.79 Å². The van der Waals surface area contributed by atoms with Gasteiger partial charge in [0.2, 0.25) is 0 Å². The third kappa shape index (κ3) is 3.61. The van der Waals surface area contributed by atoms with E-state index in [2.05, 4.69) is 5.32 Å². The number of nitrogens with one attached hydrogen (secondary N) is 1. The molecule has 0 spiro atoms. The van der Waals surface area contributed by atoms with Crippen molar-refractivity contribution >= 4 is 63.7 Å². The van der Waals surface area contributed by atoms with Gasteiger partial charge < -0.3 is 11.1 Å². The molecule has 0 saturated carbocycles. The van der Waals surface area contributed by atoms with E-state index in [0.717, 1.165) is 0 Å². The molecule has 0 aliphatic rings. The van der Waals surface area contributed by atoms with Crippen molar-refractivity contribution in [2.75, 3.05) is 11.1 Å². The predicted molar refractivity (Wildman–Crippen MR) is 64.8 cm³/mol. The lowest BCUT2D eigenvalue weighted by Gasteiger charge is -2.12. The summed E-state index contributed by atoms with van der Waals surface area (Å²) >= 11 is 21.9. The van der Waals surface area contributed by atoms with Crippen LogP contribution in [0, 0.1) is 0 Å². The van der Waals surface area contributed by atoms with E-state index in [1.807, 2.05) is 0 Å². The molecule has 1 aromatic rings. The Morgan fingerprint density at radius 3 is 2.47 bits per heavy atom. The number of carbonyl (C=O) groups excluding carboxylic acids is 1. The van der Waals surface area contributed by atoms with Gasteiger partial charge >= 0.3 is 0 Å². The molecule has 1 rings (SSSR count). The molecule has 0 saturated heterocycles. The fraction of sp³-hybridized carbons (Fsp3) is 0.125. The Balaban J connectivity index is 2.90. The number of amides is 1. The van der Waals surface area contributed by atoms with Gasteiger partial charge in [-0.05, 0) is 18.2 Å². The summed E-state index contributed by atoms with van der Waals surface area (Å²) in [6, 6.07) is 4.59. The largest absolute Gasteiger partial charge is 0.399 e. The van der Waals surface area contributed by atoms with E-state index in [-0.39, 0.29) is 0 Å². The number of nitrogens with two attached hydrogens (primary N) is 1. The first kappa shape index (κ1) is 12.7. The van der Waals surface area contributed by atoms with Crippen molar-refractivity contribution in [3.63, 3.8) is 0 Å². The van der Waals surface area contributed by atoms with Crippen LogP contribution in [-0.4, -0.2) is 9.70 Å². The van der Waals surface area contributed by atoms with Crippen molar-refractivity contribution < 1.29 is 4.79 Å². The minimum atomic E-state index is -2.03. The zero-order valence-electron chi connectivity index (χ0n) is 7.23. The van der Waals surface area contributed by atoms with Crippen LogP contribution < -0.4 is 11.1 Å². The second-order valence-corrected chi connectivity index (χ2v) is 5.38. The SMILES string of the molecule is Nc1ccc(Cl)c(NC(=O)C(Cl)(Cl)Cl)c1. The normalized spacial score (nSPS) is 11.2. The van der Waals surface area contributed by atoms with Gasteiger partial charge in [0.15, 0.2) is 0 Å². The number of nitrogen functional groups attached to an aromatic ring is 1. The molecule has 0 atom stereocenters. The number of benzene rings is 1. The highest BCUT2D eigenvalue weighted by atomic mass is 35.6. The van der Waals surface area contributed by atoms with E-state index >= 15 is 0 Å². The summed E-state index contributed by atoms with van der Waals surface area (Å²) in [4.78, 5) is 11.3. The van der Waals surface area contributed by atoms with Gasteiger partial charge in [-0.2, -0.15) is 0 Å². The number of halogens is 4. The van der Waals surface area contributed by atoms with Gasteiger partial charge in [0, 0.05) is 5.69 Å². The molecule has 0 unspecified atom stereocenters. The Bertz CT molecular complexity index is 389. The molecule has 0 aliphatic heterocycles. The van der Waals surface area contributed by atoms with Crippen LogP contribution in [0.4, 0.5) is 11.4 Å². The molecule has 3 nitrogen and oxygen atoms in total. The molecule has 0 heterocycles. The average molecular weight is 288 g/mol. The first-order valence-corrected chi connectivity index (χ1v) is 5.25. The lowest BCUT2D eigenvalue weighted by molar-refractivity contribution is -0.115. The monoisotopic (exact) mass is 286 g/mol. The van der Waals surface area contributed by atoms with E-state index in [4.69, 9.17) is 52.1 Å². The van der Waals surface area contributed by atoms with Crippen LogP contribution >= 0.6 is 46.4 Å². The zero-order valence-corrected chi connectivity index (χ0v) is 10.3. The number of rotatable bonds is 1. The summed E-state index contributed by atoms with van der Waals surface area (Å²) in [5.41, 5.74) is 6.25. The van der Waals surface area contributed by atoms with Gasteiger partial charge in [0.25, 0.3) is 9.70 Å². The summed E-state index contributed by atoms with van der Waals surface area (Å²) in [7, 11) is 0. The predicted octanol–water partition coefficient (Wildman–Crippen LogP) is 3.23. The maximum atomic E-state index is 11.3. The number of hydrogen-bond acceptors (Lipinski definition) is 2. The highest BCUT2D eigenvalue weighted by molar-refractivity contribution is 6.76. The molecular formula is C8H6Cl4N2O. The molecule has 0 radical (unpaired) electrons. The van der Waals surface area contributed by atoms with Gasteiger partial charge in [-0.15, -0.1) is 0 Å². The lowest BCUT2D eigenvalue weighted by atomic mass is 10.3. The molecule has 0 aromatic heterocycles. The third-order valence-electron chi connectivity index (χ3n) is 1.50. The molecular weight excluding hydrogens is 282 g/mol. The summed E-state index contributed by atoms with van der Waals surface area (Å²) in [5.74, 6) is -0.792. The van der Waals surface area contributed by atoms with Crippen LogP contribution in [0.3, 0.4) is 0 Å².